The average Bonchev–Trinajstić information content (AvgIpc) is 1.66. The minimum absolute atomic E-state index is 0.0299. The highest BCUT2D eigenvalue weighted by atomic mass is 16.8. The quantitative estimate of drug-likeness (QED) is 0.0432. The van der Waals surface area contributed by atoms with Gasteiger partial charge in [-0.05, 0) is 43.9 Å². The van der Waals surface area contributed by atoms with E-state index in [9.17, 15) is 75.3 Å². The van der Waals surface area contributed by atoms with Crippen molar-refractivity contribution < 1.29 is 137 Å². The predicted octanol–water partition coefficient (Wildman–Crippen LogP) is -9.80. The number of aliphatic hydroxyl groups excluding tert-OH is 11. The Morgan fingerprint density at radius 1 is 0.543 bits per heavy atom. The van der Waals surface area contributed by atoms with Gasteiger partial charge in [-0.15, -0.1) is 0 Å². The maximum absolute atomic E-state index is 13.2. The van der Waals surface area contributed by atoms with Gasteiger partial charge in [-0.3, -0.25) is 9.69 Å². The van der Waals surface area contributed by atoms with Crippen LogP contribution in [0, 0.1) is 5.92 Å². The van der Waals surface area contributed by atoms with Crippen molar-refractivity contribution in [2.45, 2.75) is 254 Å². The number of ether oxygens (including phenoxy) is 13. The third-order valence-electron chi connectivity index (χ3n) is 19.9. The fourth-order valence-corrected chi connectivity index (χ4v) is 14.2. The van der Waals surface area contributed by atoms with Crippen molar-refractivity contribution in [3.63, 3.8) is 0 Å². The van der Waals surface area contributed by atoms with Crippen molar-refractivity contribution in [1.82, 2.24) is 26.2 Å². The first-order valence-electron chi connectivity index (χ1n) is 34.7. The molecule has 9 aliphatic rings. The molecule has 105 heavy (non-hydrogen) atoms. The maximum atomic E-state index is 13.2. The summed E-state index contributed by atoms with van der Waals surface area (Å²) < 4.78 is 76.9. The van der Waals surface area contributed by atoms with Crippen LogP contribution in [0.4, 0.5) is 14.4 Å². The molecule has 18 unspecified atom stereocenters. The SMILES string of the molecule is CC1C[C@@H]2OC(O[C@H]3OC(CO)[C@@H](N)[C@H](O)C3O)C3C(OC(=O)N3C)C2O[C@@H]1O[C@@H]1C(NC(=O)OCc2ccccc2)C[C@@H](NC(=O)OCc2ccccc2)C(O)[C@H]1O.CNC1C(O[C@H]2OC(CO)[C@@H](NC(=O)CCN)[C@H](O)C2O)O[C@H]2CC(N)[C@@H](O[C@@H]3C(N)C[C@@H](N)C(O)[C@H]3O)OC2C1O.[B]B([B])[B]. The smallest absolute Gasteiger partial charge is 0.410 e. The third-order valence-corrected chi connectivity index (χ3v) is 19.9. The first-order valence-corrected chi connectivity index (χ1v) is 34.7. The second kappa shape index (κ2) is 38.0. The largest absolute Gasteiger partial charge is 0.445 e. The summed E-state index contributed by atoms with van der Waals surface area (Å²) in [4.78, 5) is 52.2. The van der Waals surface area contributed by atoms with E-state index in [0.717, 1.165) is 11.1 Å². The summed E-state index contributed by atoms with van der Waals surface area (Å²) in [7, 11) is 17.0. The second-order valence-corrected chi connectivity index (χ2v) is 27.5. The predicted molar refractivity (Wildman–Crippen MR) is 362 cm³/mol. The van der Waals surface area contributed by atoms with Gasteiger partial charge in [-0.1, -0.05) is 67.6 Å². The molecule has 2 aromatic rings. The normalized spacial score (nSPS) is 42.2. The molecule has 0 bridgehead atoms. The number of likely N-dealkylation sites (N-methyl/N-ethyl adjacent to an activating group) is 2. The lowest BCUT2D eigenvalue weighted by molar-refractivity contribution is -0.375. The number of amides is 4. The van der Waals surface area contributed by atoms with Gasteiger partial charge < -0.3 is 168 Å². The van der Waals surface area contributed by atoms with Gasteiger partial charge in [-0.25, -0.2) is 14.4 Å². The molecule has 25 N–H and O–H groups in total. The first kappa shape index (κ1) is 83.9. The topological polar surface area (TPSA) is 592 Å². The van der Waals surface area contributed by atoms with Crippen LogP contribution in [-0.2, 0) is 79.6 Å². The minimum atomic E-state index is -1.67. The van der Waals surface area contributed by atoms with Crippen LogP contribution in [0.5, 0.6) is 0 Å². The summed E-state index contributed by atoms with van der Waals surface area (Å²) in [5, 5.41) is 128. The number of aliphatic hydroxyl groups is 11. The number of hydrogen-bond acceptors (Lipinski definition) is 34. The molecule has 4 amide bonds. The molecule has 11 rings (SSSR count). The number of carbonyl (C=O) groups excluding carboxylic acids is 4. The van der Waals surface area contributed by atoms with Crippen molar-refractivity contribution in [2.24, 2.45) is 34.6 Å². The number of nitrogens with one attached hydrogen (secondary N) is 4. The lowest BCUT2D eigenvalue weighted by atomic mass is 9.08. The van der Waals surface area contributed by atoms with Crippen molar-refractivity contribution in [1.29, 1.82) is 0 Å². The van der Waals surface area contributed by atoms with Crippen molar-refractivity contribution in [3.05, 3.63) is 71.8 Å². The zero-order valence-corrected chi connectivity index (χ0v) is 58.0. The van der Waals surface area contributed by atoms with Gasteiger partial charge >= 0.3 is 18.3 Å². The number of alkyl carbamates (subject to hydrolysis) is 2. The number of hydrogen-bond donors (Lipinski definition) is 20. The van der Waals surface area contributed by atoms with E-state index in [1.807, 2.05) is 12.1 Å². The number of rotatable bonds is 20. The Labute approximate surface area is 609 Å². The molecule has 42 heteroatoms. The highest BCUT2D eigenvalue weighted by molar-refractivity contribution is 7.49. The number of fused-ring (bicyclic) bond motifs is 4. The summed E-state index contributed by atoms with van der Waals surface area (Å²) in [6.45, 7) is 0.578. The van der Waals surface area contributed by atoms with E-state index in [4.69, 9.17) is 90.2 Å². The van der Waals surface area contributed by atoms with E-state index in [0.29, 0.717) is 0 Å². The highest BCUT2D eigenvalue weighted by Gasteiger charge is 2.62. The van der Waals surface area contributed by atoms with Gasteiger partial charge in [0.1, 0.15) is 105 Å². The minimum Gasteiger partial charge on any atom is -0.445 e. The van der Waals surface area contributed by atoms with Gasteiger partial charge in [-0.2, -0.15) is 0 Å². The van der Waals surface area contributed by atoms with Crippen LogP contribution in [0.3, 0.4) is 0 Å². The second-order valence-electron chi connectivity index (χ2n) is 27.5. The van der Waals surface area contributed by atoms with Gasteiger partial charge in [0.2, 0.25) is 5.91 Å². The molecule has 7 heterocycles. The standard InChI is InChI=1S/C39H52N4O16.C24H46N6O12.B4/c1-18-13-23-32(33-26(43(2)39(51)58-33)35(54-23)59-36-30(48)28(46)25(40)24(15-44)55-36)57-34(18)56-31-22(42-38(50)53-17-20-11-7-4-8-12-20)14-21(27(45)29(31)47)41-37(49)52-16-19-9-5-3-6-10-19;1-29-14-17(35)21-10(5-9(28)22(41-21)40-20-8(27)4-7(26)15(33)18(20)36)38-23(14)42-24-19(37)16(34)13(11(6-31)39-24)30-12(32)2-3-25;1-4(2)3/h3-12,18,21-36,44-48H,13-17,40H2,1-2H3,(H,41,49)(H,42,50);7-11,13-24,29,31,33-37H,2-6,25-28H2,1H3,(H,30,32);/t18?,21-,22?,23+,24?,25-,26?,27?,28+,29-,30?,31-,32?,33?,34+,35?,36-;7-,8?,9?,10+,11?,13-,14?,15?,16+,17?,18-,19?,20-,21?,22+,23?,24-;/m11./s1. The summed E-state index contributed by atoms with van der Waals surface area (Å²) in [5.41, 5.74) is 31.0. The van der Waals surface area contributed by atoms with Gasteiger partial charge in [0.25, 0.3) is 0 Å². The number of carbonyl (C=O) groups is 4. The van der Waals surface area contributed by atoms with E-state index < -0.39 is 252 Å². The van der Waals surface area contributed by atoms with Crippen LogP contribution in [0.2, 0.25) is 0 Å². The molecule has 34 atom stereocenters. The molecule has 0 aromatic heterocycles. The monoisotopic (exact) mass is 1490 g/mol. The summed E-state index contributed by atoms with van der Waals surface area (Å²) in [5.74, 6) is -0.969. The molecule has 38 nitrogen and oxygen atoms in total. The molecular formula is C63H98B4N10O28. The Morgan fingerprint density at radius 2 is 1.08 bits per heavy atom. The number of nitrogens with two attached hydrogens (primary N) is 5. The Balaban J connectivity index is 0.000000244. The first-order chi connectivity index (χ1) is 50.0. The van der Waals surface area contributed by atoms with Gasteiger partial charge in [0.15, 0.2) is 43.8 Å². The highest BCUT2D eigenvalue weighted by Crippen LogP contribution is 2.43. The molecule has 9 fully saturated rings. The summed E-state index contributed by atoms with van der Waals surface area (Å²) >= 11 is 0. The van der Waals surface area contributed by atoms with Gasteiger partial charge in [0.05, 0.1) is 67.8 Å². The zero-order valence-electron chi connectivity index (χ0n) is 58.0. The van der Waals surface area contributed by atoms with E-state index >= 15 is 0 Å². The summed E-state index contributed by atoms with van der Waals surface area (Å²) in [6, 6.07) is 9.49. The lowest BCUT2D eigenvalue weighted by Crippen LogP contribution is -2.70. The molecule has 7 saturated heterocycles. The van der Waals surface area contributed by atoms with Crippen LogP contribution in [0.25, 0.3) is 0 Å². The van der Waals surface area contributed by atoms with Crippen LogP contribution >= 0.6 is 0 Å². The van der Waals surface area contributed by atoms with Crippen LogP contribution in [0.15, 0.2) is 60.7 Å². The number of benzene rings is 2. The lowest BCUT2D eigenvalue weighted by Gasteiger charge is -2.51. The van der Waals surface area contributed by atoms with Crippen molar-refractivity contribution in [3.8, 4) is 0 Å². The van der Waals surface area contributed by atoms with Crippen LogP contribution < -0.4 is 49.9 Å². The molecule has 7 aliphatic heterocycles. The molecule has 580 valence electrons. The zero-order chi connectivity index (χ0) is 76.4. The van der Waals surface area contributed by atoms with Crippen molar-refractivity contribution >= 4 is 53.8 Å². The molecular weight excluding hydrogens is 1390 g/mol. The number of nitrogens with zero attached hydrogens (tertiary/aromatic N) is 1. The van der Waals surface area contributed by atoms with E-state index in [1.54, 1.807) is 55.5 Å². The Bertz CT molecular complexity index is 3060. The van der Waals surface area contributed by atoms with E-state index in [2.05, 4.69) is 44.5 Å². The summed E-state index contributed by atoms with van der Waals surface area (Å²) in [6.07, 6.45) is -32.9. The molecule has 0 spiro atoms. The molecule has 2 aliphatic carbocycles. The average molecular weight is 1490 g/mol. The molecule has 2 aromatic carbocycles. The molecule has 6 radical (unpaired) electrons. The maximum Gasteiger partial charge on any atom is 0.410 e. The Kier molecular flexibility index (Phi) is 30.4. The van der Waals surface area contributed by atoms with Crippen LogP contribution in [0.1, 0.15) is 50.2 Å². The van der Waals surface area contributed by atoms with E-state index in [1.165, 1.54) is 19.0 Å². The Morgan fingerprint density at radius 3 is 1.67 bits per heavy atom. The van der Waals surface area contributed by atoms with Gasteiger partial charge in [0, 0.05) is 67.6 Å². The van der Waals surface area contributed by atoms with E-state index in [-0.39, 0.29) is 51.9 Å². The Hall–Kier alpha value is -5.10. The van der Waals surface area contributed by atoms with Crippen molar-refractivity contribution in [2.75, 3.05) is 33.9 Å². The van der Waals surface area contributed by atoms with Crippen LogP contribution in [-0.4, -0.2) is 351 Å². The fraction of sp³-hybridized carbons (Fsp3) is 0.746. The third kappa shape index (κ3) is 20.3. The molecule has 2 saturated carbocycles. The fourth-order valence-electron chi connectivity index (χ4n) is 14.2.